The lowest BCUT2D eigenvalue weighted by Gasteiger charge is -2.21. The zero-order valence-corrected chi connectivity index (χ0v) is 17.8. The van der Waals surface area contributed by atoms with Crippen molar-refractivity contribution in [2.24, 2.45) is 24.1 Å². The van der Waals surface area contributed by atoms with Crippen molar-refractivity contribution in [1.29, 1.82) is 5.26 Å². The highest BCUT2D eigenvalue weighted by Gasteiger charge is 2.54. The third-order valence-corrected chi connectivity index (χ3v) is 6.36. The molecule has 2 fully saturated rings. The van der Waals surface area contributed by atoms with Gasteiger partial charge in [-0.25, -0.2) is 9.50 Å². The Labute approximate surface area is 183 Å². The number of rotatable bonds is 5. The molecule has 1 aliphatic heterocycles. The van der Waals surface area contributed by atoms with E-state index >= 15 is 0 Å². The minimum atomic E-state index is -0.849. The summed E-state index contributed by atoms with van der Waals surface area (Å²) in [6.45, 7) is 3.01. The molecule has 2 atom stereocenters. The number of primary amides is 1. The monoisotopic (exact) mass is 433 g/mol. The van der Waals surface area contributed by atoms with Gasteiger partial charge in [0.15, 0.2) is 5.65 Å². The molecule has 0 unspecified atom stereocenters. The quantitative estimate of drug-likeness (QED) is 0.604. The van der Waals surface area contributed by atoms with E-state index in [1.54, 1.807) is 26.5 Å². The second kappa shape index (κ2) is 7.05. The average molecular weight is 433 g/mol. The van der Waals surface area contributed by atoms with Crippen molar-refractivity contribution in [2.45, 2.75) is 25.8 Å². The Morgan fingerprint density at radius 3 is 2.66 bits per heavy atom. The van der Waals surface area contributed by atoms with Crippen LogP contribution in [0.4, 0.5) is 5.69 Å². The summed E-state index contributed by atoms with van der Waals surface area (Å²) in [5.74, 6) is -0.616. The van der Waals surface area contributed by atoms with Crippen LogP contribution in [0.5, 0.6) is 0 Å². The van der Waals surface area contributed by atoms with Crippen LogP contribution < -0.4 is 11.1 Å². The molecule has 11 heteroatoms. The van der Waals surface area contributed by atoms with Crippen molar-refractivity contribution in [3.05, 3.63) is 30.4 Å². The van der Waals surface area contributed by atoms with E-state index in [0.29, 0.717) is 43.0 Å². The summed E-state index contributed by atoms with van der Waals surface area (Å²) in [4.78, 5) is 31.4. The molecular weight excluding hydrogens is 410 g/mol. The number of aromatic nitrogens is 5. The molecular formula is C21H23N9O2. The van der Waals surface area contributed by atoms with Gasteiger partial charge < -0.3 is 16.0 Å². The lowest BCUT2D eigenvalue weighted by molar-refractivity contribution is -0.134. The molecule has 2 aliphatic rings. The van der Waals surface area contributed by atoms with Crippen molar-refractivity contribution in [2.75, 3.05) is 18.4 Å². The number of hydrogen-bond acceptors (Lipinski definition) is 7. The minimum Gasteiger partial charge on any atom is -0.376 e. The summed E-state index contributed by atoms with van der Waals surface area (Å²) in [6.07, 6.45) is 7.97. The molecule has 3 aromatic rings. The number of nitrogens with zero attached hydrogens (tertiary/aromatic N) is 7. The Kier molecular flexibility index (Phi) is 4.40. The van der Waals surface area contributed by atoms with Gasteiger partial charge in [-0.2, -0.15) is 15.5 Å². The van der Waals surface area contributed by atoms with Crippen molar-refractivity contribution < 1.29 is 9.59 Å². The van der Waals surface area contributed by atoms with Crippen LogP contribution in [0.25, 0.3) is 16.9 Å². The molecule has 2 amide bonds. The van der Waals surface area contributed by atoms with Crippen LogP contribution >= 0.6 is 0 Å². The molecule has 3 N–H and O–H groups in total. The predicted molar refractivity (Wildman–Crippen MR) is 114 cm³/mol. The first-order valence-electron chi connectivity index (χ1n) is 10.5. The van der Waals surface area contributed by atoms with Gasteiger partial charge in [-0.1, -0.05) is 6.92 Å². The van der Waals surface area contributed by atoms with Crippen LogP contribution in [-0.4, -0.2) is 60.2 Å². The highest BCUT2D eigenvalue weighted by molar-refractivity contribution is 6.01. The number of aryl methyl sites for hydroxylation is 1. The van der Waals surface area contributed by atoms with E-state index in [-0.39, 0.29) is 23.4 Å². The Morgan fingerprint density at radius 2 is 2.03 bits per heavy atom. The van der Waals surface area contributed by atoms with E-state index in [1.807, 2.05) is 20.2 Å². The second-order valence-electron chi connectivity index (χ2n) is 8.73. The smallest absolute Gasteiger partial charge is 0.252 e. The Hall–Kier alpha value is -3.94. The summed E-state index contributed by atoms with van der Waals surface area (Å²) in [7, 11) is 1.82. The fourth-order valence-corrected chi connectivity index (χ4v) is 4.26. The van der Waals surface area contributed by atoms with E-state index in [0.717, 1.165) is 5.56 Å². The van der Waals surface area contributed by atoms with Crippen LogP contribution in [-0.2, 0) is 11.8 Å². The summed E-state index contributed by atoms with van der Waals surface area (Å²) in [5, 5.41) is 21.3. The number of likely N-dealkylation sites (tertiary alicyclic amines) is 1. The molecule has 0 bridgehead atoms. The summed E-state index contributed by atoms with van der Waals surface area (Å²) < 4.78 is 3.27. The number of nitrogens with one attached hydrogen (secondary N) is 1. The summed E-state index contributed by atoms with van der Waals surface area (Å²) in [5.41, 5.74) is 7.44. The molecule has 4 heterocycles. The zero-order chi connectivity index (χ0) is 22.6. The van der Waals surface area contributed by atoms with Gasteiger partial charge in [0.25, 0.3) is 5.91 Å². The van der Waals surface area contributed by atoms with Crippen LogP contribution in [0.2, 0.25) is 0 Å². The number of fused-ring (bicyclic) bond motifs is 1. The fraction of sp³-hybridized carbons (Fsp3) is 0.429. The van der Waals surface area contributed by atoms with Gasteiger partial charge in [0, 0.05) is 37.9 Å². The lowest BCUT2D eigenvalue weighted by Crippen LogP contribution is -2.36. The molecule has 0 radical (unpaired) electrons. The summed E-state index contributed by atoms with van der Waals surface area (Å²) in [6, 6.07) is 2.05. The minimum absolute atomic E-state index is 0.106. The number of nitriles is 1. The third kappa shape index (κ3) is 3.15. The summed E-state index contributed by atoms with van der Waals surface area (Å²) >= 11 is 0. The normalized spacial score (nSPS) is 21.5. The molecule has 5 rings (SSSR count). The lowest BCUT2D eigenvalue weighted by atomic mass is 10.1. The fourth-order valence-electron chi connectivity index (χ4n) is 4.26. The predicted octanol–water partition coefficient (Wildman–Crippen LogP) is 0.791. The van der Waals surface area contributed by atoms with Crippen molar-refractivity contribution in [1.82, 2.24) is 29.3 Å². The van der Waals surface area contributed by atoms with Gasteiger partial charge in [0.05, 0.1) is 41.6 Å². The van der Waals surface area contributed by atoms with Crippen molar-refractivity contribution in [3.8, 4) is 17.3 Å². The van der Waals surface area contributed by atoms with Gasteiger partial charge in [0.1, 0.15) is 5.41 Å². The van der Waals surface area contributed by atoms with Gasteiger partial charge in [-0.3, -0.25) is 14.3 Å². The first-order chi connectivity index (χ1) is 15.3. The van der Waals surface area contributed by atoms with E-state index < -0.39 is 11.3 Å². The molecule has 1 saturated carbocycles. The molecule has 1 saturated heterocycles. The first kappa shape index (κ1) is 20.0. The maximum atomic E-state index is 12.8. The zero-order valence-electron chi connectivity index (χ0n) is 17.8. The standard InChI is InChI=1S/C21H23N9O2/c1-12-7-29(20(32)21(11-22)3-4-21)9-15(12)26-17-14(18(23)31)6-25-30-10-16(27-19(17)30)13-5-24-28(2)8-13/h5-6,8,10,12,15,26H,3-4,7,9H2,1-2H3,(H2,23,31)/t12-,15+/m0/s1. The molecule has 0 spiro atoms. The SMILES string of the molecule is C[C@H]1CN(C(=O)C2(C#N)CC2)C[C@H]1Nc1c(C(N)=O)cnn2cc(-c3cnn(C)c3)nc12. The number of carbonyl (C=O) groups excluding carboxylic acids is 2. The maximum absolute atomic E-state index is 12.8. The van der Waals surface area contributed by atoms with E-state index in [9.17, 15) is 14.9 Å². The first-order valence-corrected chi connectivity index (χ1v) is 10.5. The number of imidazole rings is 1. The van der Waals surface area contributed by atoms with Gasteiger partial charge in [-0.05, 0) is 18.8 Å². The number of nitrogens with two attached hydrogens (primary N) is 1. The van der Waals surface area contributed by atoms with Gasteiger partial charge in [0.2, 0.25) is 5.91 Å². The van der Waals surface area contributed by atoms with Crippen LogP contribution in [0.15, 0.2) is 24.8 Å². The van der Waals surface area contributed by atoms with Crippen LogP contribution in [0.3, 0.4) is 0 Å². The molecule has 11 nitrogen and oxygen atoms in total. The van der Waals surface area contributed by atoms with Gasteiger partial charge >= 0.3 is 0 Å². The topological polar surface area (TPSA) is 147 Å². The number of amides is 2. The van der Waals surface area contributed by atoms with Gasteiger partial charge in [-0.15, -0.1) is 0 Å². The van der Waals surface area contributed by atoms with Crippen molar-refractivity contribution >= 4 is 23.1 Å². The Morgan fingerprint density at radius 1 is 1.25 bits per heavy atom. The largest absolute Gasteiger partial charge is 0.376 e. The molecule has 32 heavy (non-hydrogen) atoms. The van der Waals surface area contributed by atoms with E-state index in [1.165, 1.54) is 6.20 Å². The highest BCUT2D eigenvalue weighted by Crippen LogP contribution is 2.47. The Balaban J connectivity index is 1.48. The maximum Gasteiger partial charge on any atom is 0.252 e. The Bertz CT molecular complexity index is 1280. The molecule has 0 aromatic carbocycles. The average Bonchev–Trinajstić information content (AvgIpc) is 3.05. The molecule has 164 valence electrons. The van der Waals surface area contributed by atoms with Crippen LogP contribution in [0.1, 0.15) is 30.1 Å². The van der Waals surface area contributed by atoms with E-state index in [4.69, 9.17) is 5.73 Å². The number of anilines is 1. The number of hydrogen-bond donors (Lipinski definition) is 2. The molecule has 3 aromatic heterocycles. The van der Waals surface area contributed by atoms with Crippen molar-refractivity contribution in [3.63, 3.8) is 0 Å². The van der Waals surface area contributed by atoms with E-state index in [2.05, 4.69) is 26.6 Å². The van der Waals surface area contributed by atoms with Crippen LogP contribution in [0, 0.1) is 22.7 Å². The molecule has 1 aliphatic carbocycles. The number of carbonyl (C=O) groups is 2. The third-order valence-electron chi connectivity index (χ3n) is 6.36. The second-order valence-corrected chi connectivity index (χ2v) is 8.73. The highest BCUT2D eigenvalue weighted by atomic mass is 16.2.